The van der Waals surface area contributed by atoms with Crippen molar-refractivity contribution in [1.82, 2.24) is 4.98 Å². The summed E-state index contributed by atoms with van der Waals surface area (Å²) >= 11 is 0. The molecule has 0 aliphatic carbocycles. The predicted molar refractivity (Wildman–Crippen MR) is 62.9 cm³/mol. The van der Waals surface area contributed by atoms with Crippen LogP contribution in [0.1, 0.15) is 22.0 Å². The molecule has 0 radical (unpaired) electrons. The fourth-order valence-electron chi connectivity index (χ4n) is 1.96. The zero-order chi connectivity index (χ0) is 12.5. The number of aromatic nitrogens is 1. The smallest absolute Gasteiger partial charge is 0.295 e. The van der Waals surface area contributed by atoms with E-state index in [1.54, 1.807) is 18.3 Å². The Balaban J connectivity index is 2.12. The van der Waals surface area contributed by atoms with Crippen LogP contribution in [0, 0.1) is 0 Å². The number of nitrogens with zero attached hydrogens (tertiary/aromatic N) is 3. The van der Waals surface area contributed by atoms with Crippen molar-refractivity contribution in [3.8, 4) is 11.3 Å². The van der Waals surface area contributed by atoms with E-state index in [0.29, 0.717) is 17.9 Å². The zero-order valence-electron chi connectivity index (χ0n) is 9.41. The fraction of sp³-hybridized carbons (Fsp3) is 0.167. The monoisotopic (exact) mass is 242 g/mol. The number of fused-ring (bicyclic) bond motifs is 1. The average Bonchev–Trinajstić information content (AvgIpc) is 2.93. The molecule has 6 nitrogen and oxygen atoms in total. The third-order valence-corrected chi connectivity index (χ3v) is 2.87. The summed E-state index contributed by atoms with van der Waals surface area (Å²) in [6.45, 7) is 0.309. The van der Waals surface area contributed by atoms with Crippen LogP contribution in [0.15, 0.2) is 45.4 Å². The molecule has 0 saturated carbocycles. The van der Waals surface area contributed by atoms with Gasteiger partial charge in [-0.3, -0.25) is 4.79 Å². The highest BCUT2D eigenvalue weighted by molar-refractivity contribution is 5.97. The molecule has 0 fully saturated rings. The van der Waals surface area contributed by atoms with E-state index in [4.69, 9.17) is 10.2 Å². The van der Waals surface area contributed by atoms with Crippen LogP contribution in [0.25, 0.3) is 11.3 Å². The topological polar surface area (TPSA) is 93.8 Å². The van der Waals surface area contributed by atoms with Crippen molar-refractivity contribution in [2.24, 2.45) is 16.0 Å². The summed E-state index contributed by atoms with van der Waals surface area (Å²) in [6.07, 6.45) is 2.98. The van der Waals surface area contributed by atoms with Crippen molar-refractivity contribution in [3.05, 3.63) is 41.9 Å². The maximum Gasteiger partial charge on any atom is 0.295 e. The van der Waals surface area contributed by atoms with Crippen LogP contribution in [0.3, 0.4) is 0 Å². The molecule has 2 N–H and O–H groups in total. The van der Waals surface area contributed by atoms with Gasteiger partial charge in [-0.1, -0.05) is 6.07 Å². The van der Waals surface area contributed by atoms with Crippen molar-refractivity contribution in [1.29, 1.82) is 0 Å². The first-order chi connectivity index (χ1) is 8.79. The number of carbonyl (C=O) groups is 1. The molecule has 1 aromatic heterocycles. The lowest BCUT2D eigenvalue weighted by Crippen LogP contribution is -2.17. The molecule has 18 heavy (non-hydrogen) atoms. The summed E-state index contributed by atoms with van der Waals surface area (Å²) in [7, 11) is 0. The van der Waals surface area contributed by atoms with Crippen LogP contribution in [0.2, 0.25) is 0 Å². The largest absolute Gasteiger partial charge is 0.444 e. The molecule has 0 spiro atoms. The van der Waals surface area contributed by atoms with Crippen LogP contribution in [-0.2, 0) is 0 Å². The molecule has 1 atom stereocenters. The highest BCUT2D eigenvalue weighted by Gasteiger charge is 2.23. The molecule has 1 unspecified atom stereocenters. The van der Waals surface area contributed by atoms with Crippen LogP contribution in [0.4, 0.5) is 0 Å². The van der Waals surface area contributed by atoms with Gasteiger partial charge in [-0.25, -0.2) is 4.98 Å². The van der Waals surface area contributed by atoms with Crippen molar-refractivity contribution in [3.63, 3.8) is 0 Å². The summed E-state index contributed by atoms with van der Waals surface area (Å²) < 4.78 is 5.22. The quantitative estimate of drug-likeness (QED) is 0.870. The summed E-state index contributed by atoms with van der Waals surface area (Å²) in [5.74, 6) is 0.308. The molecule has 1 aromatic carbocycles. The van der Waals surface area contributed by atoms with Crippen molar-refractivity contribution >= 4 is 5.91 Å². The zero-order valence-corrected chi connectivity index (χ0v) is 9.41. The standard InChI is InChI=1S/C12H10N4O2/c13-4-10-9-3-7(11-5-14-6-18-11)1-2-8(9)12(17)16-15-10/h1-3,5-6,10H,4,13H2. The van der Waals surface area contributed by atoms with Crippen LogP contribution in [0.5, 0.6) is 0 Å². The molecule has 90 valence electrons. The van der Waals surface area contributed by atoms with Gasteiger partial charge in [0.05, 0.1) is 6.20 Å². The Labute approximate surface area is 103 Å². The molecule has 6 heteroatoms. The number of azo groups is 1. The van der Waals surface area contributed by atoms with Gasteiger partial charge in [-0.15, -0.1) is 5.11 Å². The number of benzene rings is 1. The maximum absolute atomic E-state index is 11.6. The van der Waals surface area contributed by atoms with Crippen molar-refractivity contribution in [2.45, 2.75) is 6.04 Å². The van der Waals surface area contributed by atoms with Crippen LogP contribution >= 0.6 is 0 Å². The van der Waals surface area contributed by atoms with Gasteiger partial charge in [-0.05, 0) is 17.7 Å². The fourth-order valence-corrected chi connectivity index (χ4v) is 1.96. The molecular formula is C12H10N4O2. The number of carbonyl (C=O) groups excluding carboxylic acids is 1. The van der Waals surface area contributed by atoms with Gasteiger partial charge in [-0.2, -0.15) is 5.11 Å². The number of nitrogens with two attached hydrogens (primary N) is 1. The highest BCUT2D eigenvalue weighted by Crippen LogP contribution is 2.30. The van der Waals surface area contributed by atoms with E-state index in [0.717, 1.165) is 11.1 Å². The Morgan fingerprint density at radius 2 is 2.28 bits per heavy atom. The summed E-state index contributed by atoms with van der Waals surface area (Å²) in [6, 6.07) is 5.09. The molecule has 0 saturated heterocycles. The van der Waals surface area contributed by atoms with Gasteiger partial charge in [0.2, 0.25) is 0 Å². The second-order valence-corrected chi connectivity index (χ2v) is 3.94. The minimum absolute atomic E-state index is 0.277. The molecule has 2 heterocycles. The lowest BCUT2D eigenvalue weighted by atomic mass is 9.96. The Hall–Kier alpha value is -2.34. The Kier molecular flexibility index (Phi) is 2.49. The van der Waals surface area contributed by atoms with E-state index in [9.17, 15) is 4.79 Å². The minimum Gasteiger partial charge on any atom is -0.444 e. The summed E-state index contributed by atoms with van der Waals surface area (Å²) in [5, 5.41) is 7.48. The van der Waals surface area contributed by atoms with E-state index in [1.165, 1.54) is 6.39 Å². The lowest BCUT2D eigenvalue weighted by Gasteiger charge is -2.17. The van der Waals surface area contributed by atoms with Gasteiger partial charge in [0.15, 0.2) is 12.2 Å². The van der Waals surface area contributed by atoms with Gasteiger partial charge >= 0.3 is 0 Å². The third kappa shape index (κ3) is 1.63. The molecule has 1 aliphatic heterocycles. The Morgan fingerprint density at radius 3 is 3.00 bits per heavy atom. The normalized spacial score (nSPS) is 17.8. The van der Waals surface area contributed by atoms with Crippen molar-refractivity contribution < 1.29 is 9.21 Å². The van der Waals surface area contributed by atoms with Gasteiger partial charge < -0.3 is 10.2 Å². The number of oxazole rings is 1. The molecule has 1 aliphatic rings. The van der Waals surface area contributed by atoms with Gasteiger partial charge in [0.1, 0.15) is 6.04 Å². The molecule has 0 bridgehead atoms. The second kappa shape index (κ2) is 4.15. The Morgan fingerprint density at radius 1 is 1.39 bits per heavy atom. The summed E-state index contributed by atoms with van der Waals surface area (Å²) in [4.78, 5) is 15.5. The van der Waals surface area contributed by atoms with E-state index < -0.39 is 0 Å². The average molecular weight is 242 g/mol. The van der Waals surface area contributed by atoms with Gasteiger partial charge in [0.25, 0.3) is 5.91 Å². The Bertz CT molecular complexity index is 619. The van der Waals surface area contributed by atoms with Gasteiger partial charge in [0, 0.05) is 17.7 Å². The highest BCUT2D eigenvalue weighted by atomic mass is 16.3. The SMILES string of the molecule is NCC1N=NC(=O)c2ccc(-c3cnco3)cc21. The number of amides is 1. The number of hydrogen-bond donors (Lipinski definition) is 1. The molecule has 1 amide bonds. The molecule has 3 rings (SSSR count). The van der Waals surface area contributed by atoms with E-state index in [1.807, 2.05) is 6.07 Å². The van der Waals surface area contributed by atoms with Crippen LogP contribution < -0.4 is 5.73 Å². The maximum atomic E-state index is 11.6. The number of rotatable bonds is 2. The lowest BCUT2D eigenvalue weighted by molar-refractivity contribution is 0.0985. The number of hydrogen-bond acceptors (Lipinski definition) is 5. The predicted octanol–water partition coefficient (Wildman–Crippen LogP) is 1.95. The first-order valence-electron chi connectivity index (χ1n) is 5.47. The minimum atomic E-state index is -0.334. The van der Waals surface area contributed by atoms with Crippen molar-refractivity contribution in [2.75, 3.05) is 6.54 Å². The molecular weight excluding hydrogens is 232 g/mol. The summed E-state index contributed by atoms with van der Waals surface area (Å²) in [5.41, 5.74) is 7.80. The first kappa shape index (κ1) is 10.8. The molecule has 2 aromatic rings. The third-order valence-electron chi connectivity index (χ3n) is 2.87. The van der Waals surface area contributed by atoms with E-state index >= 15 is 0 Å². The van der Waals surface area contributed by atoms with E-state index in [-0.39, 0.29) is 11.9 Å². The van der Waals surface area contributed by atoms with E-state index in [2.05, 4.69) is 15.2 Å². The van der Waals surface area contributed by atoms with Crippen LogP contribution in [-0.4, -0.2) is 17.4 Å². The first-order valence-corrected chi connectivity index (χ1v) is 5.47. The second-order valence-electron chi connectivity index (χ2n) is 3.94.